The van der Waals surface area contributed by atoms with Crippen LogP contribution in [-0.4, -0.2) is 7.11 Å². The van der Waals surface area contributed by atoms with Gasteiger partial charge >= 0.3 is 0 Å². The van der Waals surface area contributed by atoms with Crippen LogP contribution in [0.4, 0.5) is 0 Å². The molecule has 0 atom stereocenters. The minimum absolute atomic E-state index is 0.795. The Morgan fingerprint density at radius 1 is 1.08 bits per heavy atom. The fourth-order valence-electron chi connectivity index (χ4n) is 0.984. The lowest BCUT2D eigenvalue weighted by Gasteiger charge is -2.07. The molecule has 1 rings (SSSR count). The first-order valence-corrected chi connectivity index (χ1v) is 4.84. The van der Waals surface area contributed by atoms with Crippen molar-refractivity contribution in [3.8, 4) is 5.75 Å². The second-order valence-corrected chi connectivity index (χ2v) is 2.91. The Balaban J connectivity index is 0.000000671. The molecule has 0 bridgehead atoms. The van der Waals surface area contributed by atoms with Gasteiger partial charge in [0.2, 0.25) is 0 Å². The van der Waals surface area contributed by atoms with E-state index < -0.39 is 0 Å². The van der Waals surface area contributed by atoms with Crippen LogP contribution in [0.1, 0.15) is 25.0 Å². The van der Waals surface area contributed by atoms with E-state index in [1.54, 1.807) is 7.11 Å². The highest BCUT2D eigenvalue weighted by atomic mass is 35.5. The van der Waals surface area contributed by atoms with Gasteiger partial charge in [-0.1, -0.05) is 25.4 Å². The van der Waals surface area contributed by atoms with Crippen molar-refractivity contribution in [2.75, 3.05) is 7.11 Å². The molecule has 0 aliphatic rings. The molecule has 0 saturated heterocycles. The minimum Gasteiger partial charge on any atom is -0.496 e. The maximum Gasteiger partial charge on any atom is 0.122 e. The highest BCUT2D eigenvalue weighted by Crippen LogP contribution is 2.26. The molecule has 0 amide bonds. The standard InChI is InChI=1S/C9H11ClO.C2H6/c1-6-7(2)9(11-3)5-4-8(6)10;1-2/h4-5H,1-3H3;1-2H3. The smallest absolute Gasteiger partial charge is 0.122 e. The Hall–Kier alpha value is -0.690. The molecule has 0 radical (unpaired) electrons. The normalized spacial score (nSPS) is 8.77. The van der Waals surface area contributed by atoms with Crippen molar-refractivity contribution in [3.05, 3.63) is 28.3 Å². The lowest BCUT2D eigenvalue weighted by atomic mass is 10.1. The highest BCUT2D eigenvalue weighted by molar-refractivity contribution is 6.31. The van der Waals surface area contributed by atoms with Gasteiger partial charge in [-0.05, 0) is 37.1 Å². The van der Waals surface area contributed by atoms with Gasteiger partial charge in [0.25, 0.3) is 0 Å². The van der Waals surface area contributed by atoms with E-state index in [0.29, 0.717) is 0 Å². The predicted molar refractivity (Wildman–Crippen MR) is 58.8 cm³/mol. The fourth-order valence-corrected chi connectivity index (χ4v) is 1.19. The molecule has 0 heterocycles. The summed E-state index contributed by atoms with van der Waals surface area (Å²) in [6.07, 6.45) is 0. The molecular formula is C11H17ClO. The SMILES string of the molecule is CC.COc1ccc(Cl)c(C)c1C. The molecule has 0 N–H and O–H groups in total. The van der Waals surface area contributed by atoms with Crippen LogP contribution < -0.4 is 4.74 Å². The second kappa shape index (κ2) is 5.87. The van der Waals surface area contributed by atoms with E-state index in [9.17, 15) is 0 Å². The Kier molecular flexibility index (Phi) is 5.56. The molecule has 13 heavy (non-hydrogen) atoms. The quantitative estimate of drug-likeness (QED) is 0.666. The number of rotatable bonds is 1. The van der Waals surface area contributed by atoms with E-state index in [2.05, 4.69) is 0 Å². The number of benzene rings is 1. The van der Waals surface area contributed by atoms with Gasteiger partial charge in [0.15, 0.2) is 0 Å². The van der Waals surface area contributed by atoms with Crippen LogP contribution in [0, 0.1) is 13.8 Å². The van der Waals surface area contributed by atoms with Gasteiger partial charge in [0.05, 0.1) is 7.11 Å². The third-order valence-corrected chi connectivity index (χ3v) is 2.30. The molecule has 0 saturated carbocycles. The van der Waals surface area contributed by atoms with Gasteiger partial charge in [-0.2, -0.15) is 0 Å². The Morgan fingerprint density at radius 2 is 1.62 bits per heavy atom. The maximum absolute atomic E-state index is 5.89. The lowest BCUT2D eigenvalue weighted by Crippen LogP contribution is -1.89. The molecule has 0 aliphatic carbocycles. The highest BCUT2D eigenvalue weighted by Gasteiger charge is 2.03. The van der Waals surface area contributed by atoms with E-state index in [0.717, 1.165) is 21.9 Å². The van der Waals surface area contributed by atoms with Crippen molar-refractivity contribution in [1.29, 1.82) is 0 Å². The predicted octanol–water partition coefficient (Wildman–Crippen LogP) is 3.99. The first kappa shape index (κ1) is 12.3. The second-order valence-electron chi connectivity index (χ2n) is 2.50. The van der Waals surface area contributed by atoms with Gasteiger partial charge in [0.1, 0.15) is 5.75 Å². The summed E-state index contributed by atoms with van der Waals surface area (Å²) in [5.41, 5.74) is 2.20. The van der Waals surface area contributed by atoms with Gasteiger partial charge in [-0.3, -0.25) is 0 Å². The maximum atomic E-state index is 5.89. The summed E-state index contributed by atoms with van der Waals surface area (Å²) in [6.45, 7) is 7.99. The monoisotopic (exact) mass is 200 g/mol. The molecule has 0 fully saturated rings. The first-order valence-electron chi connectivity index (χ1n) is 4.46. The molecule has 0 unspecified atom stereocenters. The van der Waals surface area contributed by atoms with Crippen LogP contribution in [0.5, 0.6) is 5.75 Å². The summed E-state index contributed by atoms with van der Waals surface area (Å²) in [5.74, 6) is 0.895. The van der Waals surface area contributed by atoms with Crippen LogP contribution in [0.3, 0.4) is 0 Å². The zero-order valence-electron chi connectivity index (χ0n) is 8.94. The Bertz CT molecular complexity index is 269. The van der Waals surface area contributed by atoms with E-state index >= 15 is 0 Å². The number of halogens is 1. The zero-order chi connectivity index (χ0) is 10.4. The summed E-state index contributed by atoms with van der Waals surface area (Å²) < 4.78 is 5.12. The van der Waals surface area contributed by atoms with E-state index in [-0.39, 0.29) is 0 Å². The lowest BCUT2D eigenvalue weighted by molar-refractivity contribution is 0.411. The van der Waals surface area contributed by atoms with Crippen molar-refractivity contribution in [1.82, 2.24) is 0 Å². The summed E-state index contributed by atoms with van der Waals surface area (Å²) in [5, 5.41) is 0.795. The number of hydrogen-bond donors (Lipinski definition) is 0. The largest absolute Gasteiger partial charge is 0.496 e. The number of methoxy groups -OCH3 is 1. The Morgan fingerprint density at radius 3 is 2.08 bits per heavy atom. The van der Waals surface area contributed by atoms with Crippen LogP contribution in [0.2, 0.25) is 5.02 Å². The van der Waals surface area contributed by atoms with Crippen molar-refractivity contribution in [2.45, 2.75) is 27.7 Å². The van der Waals surface area contributed by atoms with Crippen molar-refractivity contribution >= 4 is 11.6 Å². The average molecular weight is 201 g/mol. The summed E-state index contributed by atoms with van der Waals surface area (Å²) in [4.78, 5) is 0. The Labute approximate surface area is 85.7 Å². The van der Waals surface area contributed by atoms with Gasteiger partial charge in [-0.25, -0.2) is 0 Å². The van der Waals surface area contributed by atoms with Gasteiger partial charge < -0.3 is 4.74 Å². The summed E-state index contributed by atoms with van der Waals surface area (Å²) >= 11 is 5.89. The molecule has 2 heteroatoms. The van der Waals surface area contributed by atoms with Crippen molar-refractivity contribution in [3.63, 3.8) is 0 Å². The summed E-state index contributed by atoms with van der Waals surface area (Å²) in [6, 6.07) is 3.73. The van der Waals surface area contributed by atoms with Crippen LogP contribution in [0.25, 0.3) is 0 Å². The fraction of sp³-hybridized carbons (Fsp3) is 0.455. The topological polar surface area (TPSA) is 9.23 Å². The first-order chi connectivity index (χ1) is 6.16. The van der Waals surface area contributed by atoms with Crippen LogP contribution >= 0.6 is 11.6 Å². The molecule has 1 aromatic rings. The van der Waals surface area contributed by atoms with Crippen LogP contribution in [-0.2, 0) is 0 Å². The van der Waals surface area contributed by atoms with Gasteiger partial charge in [0, 0.05) is 5.02 Å². The molecular weight excluding hydrogens is 184 g/mol. The third kappa shape index (κ3) is 2.92. The van der Waals surface area contributed by atoms with Crippen molar-refractivity contribution < 1.29 is 4.74 Å². The number of ether oxygens (including phenoxy) is 1. The summed E-state index contributed by atoms with van der Waals surface area (Å²) in [7, 11) is 1.66. The third-order valence-electron chi connectivity index (χ3n) is 1.89. The van der Waals surface area contributed by atoms with Gasteiger partial charge in [-0.15, -0.1) is 0 Å². The van der Waals surface area contributed by atoms with E-state index in [4.69, 9.17) is 16.3 Å². The molecule has 0 spiro atoms. The average Bonchev–Trinajstić information content (AvgIpc) is 2.18. The zero-order valence-corrected chi connectivity index (χ0v) is 9.70. The molecule has 0 aliphatic heterocycles. The van der Waals surface area contributed by atoms with E-state index in [1.807, 2.05) is 39.8 Å². The van der Waals surface area contributed by atoms with Crippen LogP contribution in [0.15, 0.2) is 12.1 Å². The molecule has 1 nitrogen and oxygen atoms in total. The van der Waals surface area contributed by atoms with E-state index in [1.165, 1.54) is 0 Å². The molecule has 1 aromatic carbocycles. The number of hydrogen-bond acceptors (Lipinski definition) is 1. The minimum atomic E-state index is 0.795. The molecule has 74 valence electrons. The molecule has 0 aromatic heterocycles. The van der Waals surface area contributed by atoms with Crippen molar-refractivity contribution in [2.24, 2.45) is 0 Å².